The lowest BCUT2D eigenvalue weighted by Gasteiger charge is -2.08. The molecule has 0 atom stereocenters. The van der Waals surface area contributed by atoms with Crippen molar-refractivity contribution in [3.05, 3.63) is 89.6 Å². The van der Waals surface area contributed by atoms with Gasteiger partial charge in [-0.3, -0.25) is 9.20 Å². The van der Waals surface area contributed by atoms with E-state index < -0.39 is 0 Å². The summed E-state index contributed by atoms with van der Waals surface area (Å²) < 4.78 is 1.88. The molecule has 0 saturated carbocycles. The normalized spacial score (nSPS) is 10.8. The van der Waals surface area contributed by atoms with Crippen LogP contribution in [0.15, 0.2) is 79.0 Å². The Morgan fingerprint density at radius 1 is 0.962 bits per heavy atom. The molecule has 0 aliphatic heterocycles. The van der Waals surface area contributed by atoms with Gasteiger partial charge >= 0.3 is 0 Å². The van der Waals surface area contributed by atoms with Gasteiger partial charge in [0.25, 0.3) is 0 Å². The Morgan fingerprint density at radius 2 is 1.69 bits per heavy atom. The molecule has 26 heavy (non-hydrogen) atoms. The summed E-state index contributed by atoms with van der Waals surface area (Å²) in [5.74, 6) is 0.570. The molecule has 0 radical (unpaired) electrons. The molecule has 0 aliphatic carbocycles. The number of aromatic nitrogens is 2. The average Bonchev–Trinajstić information content (AvgIpc) is 3.02. The lowest BCUT2D eigenvalue weighted by Crippen LogP contribution is -2.16. The molecule has 1 amide bonds. The molecule has 2 aromatic carbocycles. The number of amides is 1. The minimum absolute atomic E-state index is 0.0860. The van der Waals surface area contributed by atoms with Crippen molar-refractivity contribution in [3.8, 4) is 11.3 Å². The molecule has 0 bridgehead atoms. The Balaban J connectivity index is 1.72. The van der Waals surface area contributed by atoms with Crippen LogP contribution < -0.4 is 5.32 Å². The number of pyridine rings is 1. The van der Waals surface area contributed by atoms with Crippen molar-refractivity contribution < 1.29 is 4.79 Å². The fraction of sp³-hybridized carbons (Fsp3) is 0.0476. The number of hydrogen-bond acceptors (Lipinski definition) is 2. The van der Waals surface area contributed by atoms with Crippen LogP contribution in [0.1, 0.15) is 5.56 Å². The van der Waals surface area contributed by atoms with E-state index in [0.717, 1.165) is 16.8 Å². The van der Waals surface area contributed by atoms with Gasteiger partial charge in [-0.1, -0.05) is 60.1 Å². The zero-order valence-corrected chi connectivity index (χ0v) is 14.6. The molecule has 1 N–H and O–H groups in total. The van der Waals surface area contributed by atoms with Crippen molar-refractivity contribution in [2.45, 2.75) is 6.42 Å². The summed E-state index contributed by atoms with van der Waals surface area (Å²) in [4.78, 5) is 17.3. The maximum Gasteiger partial charge on any atom is 0.229 e. The average molecular weight is 362 g/mol. The smallest absolute Gasteiger partial charge is 0.229 e. The molecule has 4 nitrogen and oxygen atoms in total. The number of imidazole rings is 1. The highest BCUT2D eigenvalue weighted by atomic mass is 35.5. The van der Waals surface area contributed by atoms with Crippen LogP contribution in [0.3, 0.4) is 0 Å². The molecule has 0 saturated heterocycles. The summed E-state index contributed by atoms with van der Waals surface area (Å²) >= 11 is 6.00. The van der Waals surface area contributed by atoms with E-state index in [0.29, 0.717) is 23.0 Å². The molecular weight excluding hydrogens is 346 g/mol. The van der Waals surface area contributed by atoms with E-state index in [2.05, 4.69) is 10.3 Å². The minimum Gasteiger partial charge on any atom is -0.310 e. The van der Waals surface area contributed by atoms with Crippen molar-refractivity contribution in [1.82, 2.24) is 9.38 Å². The van der Waals surface area contributed by atoms with Crippen molar-refractivity contribution in [1.29, 1.82) is 0 Å². The second-order valence-corrected chi connectivity index (χ2v) is 6.39. The van der Waals surface area contributed by atoms with Crippen LogP contribution in [0.5, 0.6) is 0 Å². The van der Waals surface area contributed by atoms with E-state index in [4.69, 9.17) is 11.6 Å². The third-order valence-electron chi connectivity index (χ3n) is 4.11. The van der Waals surface area contributed by atoms with E-state index in [9.17, 15) is 4.79 Å². The molecule has 0 spiro atoms. The molecular formula is C21H16ClN3O. The zero-order chi connectivity index (χ0) is 17.9. The van der Waals surface area contributed by atoms with Gasteiger partial charge in [-0.25, -0.2) is 4.98 Å². The van der Waals surface area contributed by atoms with E-state index in [1.54, 1.807) is 0 Å². The highest BCUT2D eigenvalue weighted by Gasteiger charge is 2.16. The fourth-order valence-electron chi connectivity index (χ4n) is 2.88. The van der Waals surface area contributed by atoms with E-state index in [-0.39, 0.29) is 5.91 Å². The van der Waals surface area contributed by atoms with E-state index in [1.807, 2.05) is 83.4 Å². The van der Waals surface area contributed by atoms with Crippen molar-refractivity contribution in [2.24, 2.45) is 0 Å². The summed E-state index contributed by atoms with van der Waals surface area (Å²) in [6, 6.07) is 22.8. The lowest BCUT2D eigenvalue weighted by molar-refractivity contribution is -0.115. The zero-order valence-electron chi connectivity index (χ0n) is 13.9. The molecule has 2 heterocycles. The molecule has 0 aliphatic rings. The van der Waals surface area contributed by atoms with Crippen LogP contribution >= 0.6 is 11.6 Å². The Kier molecular flexibility index (Phi) is 4.42. The lowest BCUT2D eigenvalue weighted by atomic mass is 10.1. The Bertz CT molecular complexity index is 1060. The van der Waals surface area contributed by atoms with Gasteiger partial charge in [0, 0.05) is 16.8 Å². The quantitative estimate of drug-likeness (QED) is 0.565. The van der Waals surface area contributed by atoms with Crippen LogP contribution in [-0.4, -0.2) is 15.3 Å². The molecule has 2 aromatic heterocycles. The first-order chi connectivity index (χ1) is 12.7. The van der Waals surface area contributed by atoms with Gasteiger partial charge in [0.05, 0.1) is 6.42 Å². The van der Waals surface area contributed by atoms with Gasteiger partial charge in [0.15, 0.2) is 0 Å². The summed E-state index contributed by atoms with van der Waals surface area (Å²) in [6.07, 6.45) is 2.20. The number of nitrogens with zero attached hydrogens (tertiary/aromatic N) is 2. The first-order valence-electron chi connectivity index (χ1n) is 8.27. The van der Waals surface area contributed by atoms with Crippen LogP contribution in [-0.2, 0) is 11.2 Å². The first-order valence-corrected chi connectivity index (χ1v) is 8.65. The number of carbonyl (C=O) groups is 1. The highest BCUT2D eigenvalue weighted by molar-refractivity contribution is 6.30. The Labute approximate surface area is 156 Å². The number of halogens is 1. The third-order valence-corrected chi connectivity index (χ3v) is 4.36. The van der Waals surface area contributed by atoms with Gasteiger partial charge in [-0.05, 0) is 29.8 Å². The SMILES string of the molecule is O=C(Cc1ccccc1)Nc1c(-c2ccc(Cl)cc2)nc2ccccn12. The molecule has 5 heteroatoms. The highest BCUT2D eigenvalue weighted by Crippen LogP contribution is 2.29. The van der Waals surface area contributed by atoms with Crippen molar-refractivity contribution >= 4 is 29.0 Å². The minimum atomic E-state index is -0.0860. The predicted octanol–water partition coefficient (Wildman–Crippen LogP) is 4.84. The topological polar surface area (TPSA) is 46.4 Å². The maximum absolute atomic E-state index is 12.6. The number of fused-ring (bicyclic) bond motifs is 1. The third kappa shape index (κ3) is 3.32. The largest absolute Gasteiger partial charge is 0.310 e. The number of rotatable bonds is 4. The molecule has 0 fully saturated rings. The van der Waals surface area contributed by atoms with Crippen LogP contribution in [0, 0.1) is 0 Å². The summed E-state index contributed by atoms with van der Waals surface area (Å²) in [5, 5.41) is 3.68. The van der Waals surface area contributed by atoms with E-state index >= 15 is 0 Å². The van der Waals surface area contributed by atoms with E-state index in [1.165, 1.54) is 0 Å². The van der Waals surface area contributed by atoms with Crippen molar-refractivity contribution in [2.75, 3.05) is 5.32 Å². The fourth-order valence-corrected chi connectivity index (χ4v) is 3.01. The van der Waals surface area contributed by atoms with Gasteiger partial charge in [-0.2, -0.15) is 0 Å². The van der Waals surface area contributed by atoms with Gasteiger partial charge in [0.2, 0.25) is 5.91 Å². The first kappa shape index (κ1) is 16.4. The molecule has 4 aromatic rings. The summed E-state index contributed by atoms with van der Waals surface area (Å²) in [7, 11) is 0. The number of anilines is 1. The van der Waals surface area contributed by atoms with Crippen molar-refractivity contribution in [3.63, 3.8) is 0 Å². The monoisotopic (exact) mass is 361 g/mol. The number of benzene rings is 2. The number of nitrogens with one attached hydrogen (secondary N) is 1. The van der Waals surface area contributed by atoms with Gasteiger partial charge < -0.3 is 5.32 Å². The summed E-state index contributed by atoms with van der Waals surface area (Å²) in [6.45, 7) is 0. The van der Waals surface area contributed by atoms with Crippen LogP contribution in [0.25, 0.3) is 16.9 Å². The molecule has 128 valence electrons. The summed E-state index contributed by atoms with van der Waals surface area (Å²) in [5.41, 5.74) is 3.35. The standard InChI is InChI=1S/C21H16ClN3O/c22-17-11-9-16(10-12-17)20-21(25-13-5-4-8-18(25)23-20)24-19(26)14-15-6-2-1-3-7-15/h1-13H,14H2,(H,24,26). The Morgan fingerprint density at radius 3 is 2.46 bits per heavy atom. The molecule has 4 rings (SSSR count). The Hall–Kier alpha value is -3.11. The second-order valence-electron chi connectivity index (χ2n) is 5.96. The molecule has 0 unspecified atom stereocenters. The maximum atomic E-state index is 12.6. The number of carbonyl (C=O) groups excluding carboxylic acids is 1. The van der Waals surface area contributed by atoms with Crippen LogP contribution in [0.2, 0.25) is 5.02 Å². The predicted molar refractivity (Wildman–Crippen MR) is 104 cm³/mol. The number of hydrogen-bond donors (Lipinski definition) is 1. The van der Waals surface area contributed by atoms with Crippen LogP contribution in [0.4, 0.5) is 5.82 Å². The van der Waals surface area contributed by atoms with Gasteiger partial charge in [0.1, 0.15) is 17.2 Å². The van der Waals surface area contributed by atoms with Gasteiger partial charge in [-0.15, -0.1) is 0 Å². The second kappa shape index (κ2) is 7.02.